The van der Waals surface area contributed by atoms with Crippen LogP contribution in [0.25, 0.3) is 6.08 Å². The van der Waals surface area contributed by atoms with Gasteiger partial charge in [0.1, 0.15) is 12.4 Å². The van der Waals surface area contributed by atoms with Gasteiger partial charge in [-0.25, -0.2) is 0 Å². The summed E-state index contributed by atoms with van der Waals surface area (Å²) in [5.74, 6) is 0.971. The van der Waals surface area contributed by atoms with Crippen molar-refractivity contribution in [3.63, 3.8) is 0 Å². The Kier molecular flexibility index (Phi) is 3.44. The van der Waals surface area contributed by atoms with E-state index < -0.39 is 0 Å². The molecule has 0 spiro atoms. The van der Waals surface area contributed by atoms with Gasteiger partial charge in [0.05, 0.1) is 0 Å². The predicted octanol–water partition coefficient (Wildman–Crippen LogP) is 2.83. The number of hydrogen-bond donors (Lipinski definition) is 1. The van der Waals surface area contributed by atoms with E-state index >= 15 is 0 Å². The molecule has 1 aliphatic rings. The quantitative estimate of drug-likeness (QED) is 0.910. The molecule has 15 heavy (non-hydrogen) atoms. The van der Waals surface area contributed by atoms with Crippen LogP contribution in [0.5, 0.6) is 5.75 Å². The summed E-state index contributed by atoms with van der Waals surface area (Å²) in [5.41, 5.74) is 2.45. The van der Waals surface area contributed by atoms with Crippen molar-refractivity contribution < 1.29 is 4.74 Å². The lowest BCUT2D eigenvalue weighted by atomic mass is 10.1. The van der Waals surface area contributed by atoms with E-state index in [1.54, 1.807) is 0 Å². The largest absolute Gasteiger partial charge is 0.489 e. The predicted molar refractivity (Wildman–Crippen MR) is 66.2 cm³/mol. The van der Waals surface area contributed by atoms with Gasteiger partial charge >= 0.3 is 0 Å². The molecule has 2 nitrogen and oxygen atoms in total. The molecule has 3 heteroatoms. The smallest absolute Gasteiger partial charge is 0.127 e. The van der Waals surface area contributed by atoms with Crippen molar-refractivity contribution in [3.8, 4) is 5.75 Å². The topological polar surface area (TPSA) is 21.3 Å². The Balaban J connectivity index is 2.20. The first-order valence-electron chi connectivity index (χ1n) is 5.12. The van der Waals surface area contributed by atoms with Crippen molar-refractivity contribution >= 4 is 22.0 Å². The molecule has 0 aliphatic carbocycles. The summed E-state index contributed by atoms with van der Waals surface area (Å²) >= 11 is 3.46. The molecule has 1 aromatic rings. The maximum absolute atomic E-state index is 5.66. The summed E-state index contributed by atoms with van der Waals surface area (Å²) in [6.07, 6.45) is 2.20. The number of fused-ring (bicyclic) bond motifs is 1. The SMILES string of the molecule is CCNCC1=Cc2cc(Br)ccc2OC1. The number of halogens is 1. The highest BCUT2D eigenvalue weighted by molar-refractivity contribution is 9.10. The van der Waals surface area contributed by atoms with Gasteiger partial charge in [-0.1, -0.05) is 22.9 Å². The minimum atomic E-state index is 0.696. The van der Waals surface area contributed by atoms with Gasteiger partial charge in [-0.15, -0.1) is 0 Å². The molecular weight excluding hydrogens is 254 g/mol. The zero-order chi connectivity index (χ0) is 10.7. The Hall–Kier alpha value is -0.800. The van der Waals surface area contributed by atoms with Crippen LogP contribution in [0.1, 0.15) is 12.5 Å². The van der Waals surface area contributed by atoms with Crippen molar-refractivity contribution in [2.24, 2.45) is 0 Å². The molecule has 0 fully saturated rings. The summed E-state index contributed by atoms with van der Waals surface area (Å²) < 4.78 is 6.75. The molecule has 1 N–H and O–H groups in total. The zero-order valence-electron chi connectivity index (χ0n) is 8.72. The second-order valence-corrected chi connectivity index (χ2v) is 4.47. The van der Waals surface area contributed by atoms with Crippen LogP contribution in [0.3, 0.4) is 0 Å². The third-order valence-corrected chi connectivity index (χ3v) is 2.84. The third kappa shape index (κ3) is 2.61. The number of benzene rings is 1. The normalized spacial score (nSPS) is 14.1. The highest BCUT2D eigenvalue weighted by Gasteiger charge is 2.10. The highest BCUT2D eigenvalue weighted by Crippen LogP contribution is 2.28. The van der Waals surface area contributed by atoms with E-state index in [1.165, 1.54) is 5.57 Å². The number of nitrogens with one attached hydrogen (secondary N) is 1. The van der Waals surface area contributed by atoms with Gasteiger partial charge in [0, 0.05) is 16.6 Å². The van der Waals surface area contributed by atoms with Crippen LogP contribution in [0, 0.1) is 0 Å². The van der Waals surface area contributed by atoms with Gasteiger partial charge in [-0.3, -0.25) is 0 Å². The molecule has 0 saturated carbocycles. The molecule has 1 aromatic carbocycles. The lowest BCUT2D eigenvalue weighted by Crippen LogP contribution is -2.21. The lowest BCUT2D eigenvalue weighted by molar-refractivity contribution is 0.343. The summed E-state index contributed by atoms with van der Waals surface area (Å²) in [4.78, 5) is 0. The molecule has 0 unspecified atom stereocenters. The number of rotatable bonds is 3. The molecule has 80 valence electrons. The molecule has 0 atom stereocenters. The van der Waals surface area contributed by atoms with E-state index in [1.807, 2.05) is 12.1 Å². The minimum Gasteiger partial charge on any atom is -0.489 e. The Labute approximate surface area is 98.5 Å². The highest BCUT2D eigenvalue weighted by atomic mass is 79.9. The first-order chi connectivity index (χ1) is 7.29. The molecular formula is C12H14BrNO. The molecule has 2 rings (SSSR count). The molecule has 0 bridgehead atoms. The van der Waals surface area contributed by atoms with Gasteiger partial charge in [0.15, 0.2) is 0 Å². The first kappa shape index (κ1) is 10.7. The van der Waals surface area contributed by atoms with E-state index in [0.29, 0.717) is 6.61 Å². The first-order valence-corrected chi connectivity index (χ1v) is 5.91. The van der Waals surface area contributed by atoms with E-state index in [2.05, 4.69) is 40.3 Å². The van der Waals surface area contributed by atoms with Gasteiger partial charge in [-0.2, -0.15) is 0 Å². The van der Waals surface area contributed by atoms with E-state index in [0.717, 1.165) is 28.9 Å². The Morgan fingerprint density at radius 1 is 1.47 bits per heavy atom. The van der Waals surface area contributed by atoms with Crippen molar-refractivity contribution in [1.82, 2.24) is 5.32 Å². The van der Waals surface area contributed by atoms with Crippen molar-refractivity contribution in [2.75, 3.05) is 19.7 Å². The van der Waals surface area contributed by atoms with Crippen LogP contribution in [0.2, 0.25) is 0 Å². The number of likely N-dealkylation sites (N-methyl/N-ethyl adjacent to an activating group) is 1. The summed E-state index contributed by atoms with van der Waals surface area (Å²) in [6, 6.07) is 6.09. The fourth-order valence-electron chi connectivity index (χ4n) is 1.58. The van der Waals surface area contributed by atoms with Crippen LogP contribution in [-0.4, -0.2) is 19.7 Å². The number of ether oxygens (including phenoxy) is 1. The molecule has 1 aliphatic heterocycles. The Bertz CT molecular complexity index is 387. The zero-order valence-corrected chi connectivity index (χ0v) is 10.3. The Morgan fingerprint density at radius 3 is 3.13 bits per heavy atom. The fraction of sp³-hybridized carbons (Fsp3) is 0.333. The standard InChI is InChI=1S/C12H14BrNO/c1-2-14-7-9-5-10-6-11(13)3-4-12(10)15-8-9/h3-6,14H,2,7-8H2,1H3. The van der Waals surface area contributed by atoms with Crippen LogP contribution in [-0.2, 0) is 0 Å². The van der Waals surface area contributed by atoms with E-state index in [-0.39, 0.29) is 0 Å². The second kappa shape index (κ2) is 4.81. The lowest BCUT2D eigenvalue weighted by Gasteiger charge is -2.18. The monoisotopic (exact) mass is 267 g/mol. The maximum Gasteiger partial charge on any atom is 0.127 e. The average molecular weight is 268 g/mol. The van der Waals surface area contributed by atoms with E-state index in [4.69, 9.17) is 4.74 Å². The van der Waals surface area contributed by atoms with Gasteiger partial charge in [0.25, 0.3) is 0 Å². The maximum atomic E-state index is 5.66. The molecule has 0 radical (unpaired) electrons. The third-order valence-electron chi connectivity index (χ3n) is 2.35. The average Bonchev–Trinajstić information content (AvgIpc) is 2.25. The van der Waals surface area contributed by atoms with Gasteiger partial charge < -0.3 is 10.1 Å². The molecule has 1 heterocycles. The van der Waals surface area contributed by atoms with Gasteiger partial charge in [0.2, 0.25) is 0 Å². The van der Waals surface area contributed by atoms with Crippen LogP contribution in [0.15, 0.2) is 28.2 Å². The van der Waals surface area contributed by atoms with Crippen molar-refractivity contribution in [2.45, 2.75) is 6.92 Å². The Morgan fingerprint density at radius 2 is 2.33 bits per heavy atom. The minimum absolute atomic E-state index is 0.696. The summed E-state index contributed by atoms with van der Waals surface area (Å²) in [5, 5.41) is 3.30. The van der Waals surface area contributed by atoms with E-state index in [9.17, 15) is 0 Å². The van der Waals surface area contributed by atoms with Crippen LogP contribution in [0.4, 0.5) is 0 Å². The second-order valence-electron chi connectivity index (χ2n) is 3.55. The van der Waals surface area contributed by atoms with Gasteiger partial charge in [-0.05, 0) is 36.4 Å². The molecule has 0 amide bonds. The summed E-state index contributed by atoms with van der Waals surface area (Å²) in [6.45, 7) is 4.70. The van der Waals surface area contributed by atoms with Crippen molar-refractivity contribution in [1.29, 1.82) is 0 Å². The van der Waals surface area contributed by atoms with Crippen LogP contribution < -0.4 is 10.1 Å². The molecule has 0 aromatic heterocycles. The molecule has 0 saturated heterocycles. The fourth-order valence-corrected chi connectivity index (χ4v) is 1.96. The van der Waals surface area contributed by atoms with Crippen molar-refractivity contribution in [3.05, 3.63) is 33.8 Å². The van der Waals surface area contributed by atoms with Crippen LogP contribution >= 0.6 is 15.9 Å². The summed E-state index contributed by atoms with van der Waals surface area (Å²) in [7, 11) is 0. The number of hydrogen-bond acceptors (Lipinski definition) is 2.